The Morgan fingerprint density at radius 3 is 1.16 bits per heavy atom. The van der Waals surface area contributed by atoms with Crippen LogP contribution in [0.3, 0.4) is 0 Å². The van der Waals surface area contributed by atoms with Crippen molar-refractivity contribution in [2.45, 2.75) is 0 Å². The number of rotatable bonds is 6. The molecule has 0 N–H and O–H groups in total. The van der Waals surface area contributed by atoms with Gasteiger partial charge < -0.3 is 10.2 Å². The minimum atomic E-state index is -0.401. The van der Waals surface area contributed by atoms with E-state index in [1.54, 1.807) is 0 Å². The Morgan fingerprint density at radius 2 is 1.00 bits per heavy atom. The van der Waals surface area contributed by atoms with Crippen molar-refractivity contribution in [2.24, 2.45) is 0 Å². The van der Waals surface area contributed by atoms with E-state index in [9.17, 15) is 19.8 Å². The summed E-state index contributed by atoms with van der Waals surface area (Å²) >= 11 is 20.3. The van der Waals surface area contributed by atoms with Gasteiger partial charge in [-0.2, -0.15) is 0 Å². The molecule has 0 spiro atoms. The summed E-state index contributed by atoms with van der Waals surface area (Å²) in [7, 11) is 0. The molecule has 0 atom stereocenters. The second kappa shape index (κ2) is 16.2. The first-order valence-electron chi connectivity index (χ1n) is 4.45. The maximum absolute atomic E-state index is 10.3. The van der Waals surface area contributed by atoms with Crippen molar-refractivity contribution in [1.29, 1.82) is 0 Å². The van der Waals surface area contributed by atoms with E-state index in [2.05, 4.69) is 0 Å². The molecule has 19 heavy (non-hydrogen) atoms. The summed E-state index contributed by atoms with van der Waals surface area (Å²) in [5, 5.41) is 20.6. The molecule has 113 valence electrons. The molecule has 0 aliphatic rings. The van der Waals surface area contributed by atoms with Crippen LogP contribution in [0.15, 0.2) is 23.7 Å². The van der Waals surface area contributed by atoms with Gasteiger partial charge in [0.25, 0.3) is 0 Å². The zero-order valence-corrected chi connectivity index (χ0v) is 13.4. The summed E-state index contributed by atoms with van der Waals surface area (Å²) in [4.78, 5) is 20.6. The van der Waals surface area contributed by atoms with Crippen molar-refractivity contribution in [3.05, 3.63) is 23.7 Å². The average molecular weight is 400 g/mol. The zero-order valence-electron chi connectivity index (χ0n) is 9.43. The van der Waals surface area contributed by atoms with E-state index in [0.29, 0.717) is 0 Å². The summed E-state index contributed by atoms with van der Waals surface area (Å²) in [6, 6.07) is 0. The first kappa shape index (κ1) is 24.1. The summed E-state index contributed by atoms with van der Waals surface area (Å²) in [6.07, 6.45) is 1.81. The first-order valence-corrected chi connectivity index (χ1v) is 6.59. The van der Waals surface area contributed by atoms with Crippen molar-refractivity contribution in [2.75, 3.05) is 23.5 Å². The monoisotopic (exact) mass is 397 g/mol. The van der Waals surface area contributed by atoms with Crippen LogP contribution < -0.4 is 10.2 Å². The smallest absolute Gasteiger partial charge is 0.875 e. The molecule has 0 aliphatic carbocycles. The SMILES string of the molecule is O=C(C=C([O-])CCl)CCl.O=C(C=C([O-])CCl)CCl.[Cu+2]. The Labute approximate surface area is 141 Å². The molecule has 0 rings (SSSR count). The van der Waals surface area contributed by atoms with E-state index in [4.69, 9.17) is 46.4 Å². The van der Waals surface area contributed by atoms with Crippen LogP contribution in [-0.4, -0.2) is 35.1 Å². The number of hydrogen-bond acceptors (Lipinski definition) is 4. The molecule has 0 saturated carbocycles. The molecule has 0 aliphatic heterocycles. The molecule has 0 aromatic carbocycles. The number of allylic oxidation sites excluding steroid dienone is 4. The second-order valence-electron chi connectivity index (χ2n) is 2.69. The zero-order chi connectivity index (χ0) is 14.6. The number of ketones is 2. The Hall–Kier alpha value is 0.0995. The fourth-order valence-electron chi connectivity index (χ4n) is 0.513. The van der Waals surface area contributed by atoms with E-state index >= 15 is 0 Å². The van der Waals surface area contributed by atoms with Gasteiger partial charge in [0.15, 0.2) is 11.6 Å². The normalized spacial score (nSPS) is 10.9. The van der Waals surface area contributed by atoms with E-state index in [0.717, 1.165) is 12.2 Å². The molecular formula is C10H10Cl4CuO4. The Bertz CT molecular complexity index is 299. The Morgan fingerprint density at radius 1 is 0.737 bits per heavy atom. The summed E-state index contributed by atoms with van der Waals surface area (Å²) in [5.74, 6) is -2.26. The molecule has 0 heterocycles. The molecule has 0 aromatic heterocycles. The van der Waals surface area contributed by atoms with Crippen LogP contribution in [0.4, 0.5) is 0 Å². The maximum atomic E-state index is 10.3. The third-order valence-electron chi connectivity index (χ3n) is 1.17. The second-order valence-corrected chi connectivity index (χ2v) is 3.76. The number of hydrogen-bond donors (Lipinski definition) is 0. The molecule has 0 saturated heterocycles. The van der Waals surface area contributed by atoms with E-state index in [1.807, 2.05) is 0 Å². The van der Waals surface area contributed by atoms with Gasteiger partial charge in [-0.3, -0.25) is 9.59 Å². The largest absolute Gasteiger partial charge is 2.00 e. The molecular weight excluding hydrogens is 389 g/mol. The van der Waals surface area contributed by atoms with Gasteiger partial charge in [-0.25, -0.2) is 0 Å². The summed E-state index contributed by atoms with van der Waals surface area (Å²) in [5.41, 5.74) is 0. The molecule has 0 amide bonds. The molecule has 4 nitrogen and oxygen atoms in total. The van der Waals surface area contributed by atoms with Crippen molar-refractivity contribution in [1.82, 2.24) is 0 Å². The fraction of sp³-hybridized carbons (Fsp3) is 0.400. The van der Waals surface area contributed by atoms with Crippen LogP contribution in [-0.2, 0) is 26.7 Å². The third-order valence-corrected chi connectivity index (χ3v) is 2.22. The van der Waals surface area contributed by atoms with Crippen molar-refractivity contribution < 1.29 is 36.9 Å². The number of alkyl halides is 4. The first-order chi connectivity index (χ1) is 8.40. The van der Waals surface area contributed by atoms with Crippen molar-refractivity contribution in [3.63, 3.8) is 0 Å². The van der Waals surface area contributed by atoms with Gasteiger partial charge in [0.1, 0.15) is 0 Å². The van der Waals surface area contributed by atoms with Gasteiger partial charge in [0.2, 0.25) is 0 Å². The number of halogens is 4. The minimum absolute atomic E-state index is 0. The van der Waals surface area contributed by atoms with Gasteiger partial charge in [-0.15, -0.1) is 57.9 Å². The van der Waals surface area contributed by atoms with Crippen LogP contribution in [0.25, 0.3) is 0 Å². The van der Waals surface area contributed by atoms with Crippen LogP contribution in [0, 0.1) is 0 Å². The Balaban J connectivity index is -0.000000256. The van der Waals surface area contributed by atoms with Crippen LogP contribution in [0.1, 0.15) is 0 Å². The maximum Gasteiger partial charge on any atom is 2.00 e. The van der Waals surface area contributed by atoms with Gasteiger partial charge in [-0.05, 0) is 12.2 Å². The van der Waals surface area contributed by atoms with Gasteiger partial charge in [0, 0.05) is 11.8 Å². The standard InChI is InChI=1S/2C5H6Cl2O2.Cu/c2*6-2-4(8)1-5(9)3-7;/h2*1,8H,2-3H2;/q;;+2/p-2. The summed E-state index contributed by atoms with van der Waals surface area (Å²) < 4.78 is 0. The minimum Gasteiger partial charge on any atom is -0.875 e. The van der Waals surface area contributed by atoms with E-state index in [-0.39, 0.29) is 40.6 Å². The molecule has 0 aromatic rings. The molecule has 0 unspecified atom stereocenters. The Kier molecular flexibility index (Phi) is 20.5. The van der Waals surface area contributed by atoms with Gasteiger partial charge in [-0.1, -0.05) is 0 Å². The number of carbonyl (C=O) groups excluding carboxylic acids is 2. The van der Waals surface area contributed by atoms with Gasteiger partial charge >= 0.3 is 17.1 Å². The van der Waals surface area contributed by atoms with Crippen LogP contribution in [0.5, 0.6) is 0 Å². The number of carbonyl (C=O) groups is 2. The predicted molar refractivity (Wildman–Crippen MR) is 69.1 cm³/mol. The predicted octanol–water partition coefficient (Wildman–Crippen LogP) is 0.552. The van der Waals surface area contributed by atoms with Crippen LogP contribution >= 0.6 is 46.4 Å². The summed E-state index contributed by atoms with van der Waals surface area (Å²) in [6.45, 7) is 0. The van der Waals surface area contributed by atoms with Crippen LogP contribution in [0.2, 0.25) is 0 Å². The van der Waals surface area contributed by atoms with E-state index < -0.39 is 23.1 Å². The van der Waals surface area contributed by atoms with Crippen molar-refractivity contribution >= 4 is 58.0 Å². The quantitative estimate of drug-likeness (QED) is 0.283. The van der Waals surface area contributed by atoms with E-state index in [1.165, 1.54) is 0 Å². The molecule has 0 bridgehead atoms. The van der Waals surface area contributed by atoms with Gasteiger partial charge in [0.05, 0.1) is 11.8 Å². The average Bonchev–Trinajstić information content (AvgIpc) is 2.38. The molecule has 0 fully saturated rings. The molecule has 9 heteroatoms. The topological polar surface area (TPSA) is 80.3 Å². The molecule has 1 radical (unpaired) electrons. The third kappa shape index (κ3) is 18.1. The van der Waals surface area contributed by atoms with Crippen molar-refractivity contribution in [3.8, 4) is 0 Å². The fourth-order valence-corrected chi connectivity index (χ4v) is 0.822.